The van der Waals surface area contributed by atoms with Gasteiger partial charge in [0.05, 0.1) is 6.10 Å². The van der Waals surface area contributed by atoms with Crippen LogP contribution in [0.1, 0.15) is 6.42 Å². The van der Waals surface area contributed by atoms with E-state index < -0.39 is 0 Å². The van der Waals surface area contributed by atoms with Crippen molar-refractivity contribution >= 4 is 0 Å². The van der Waals surface area contributed by atoms with E-state index in [1.807, 2.05) is 7.11 Å². The number of ether oxygens (including phenoxy) is 1. The minimum atomic E-state index is 0.486. The van der Waals surface area contributed by atoms with Crippen molar-refractivity contribution in [1.29, 1.82) is 0 Å². The first-order valence-corrected chi connectivity index (χ1v) is 4.37. The van der Waals surface area contributed by atoms with Crippen molar-refractivity contribution in [2.45, 2.75) is 18.6 Å². The fraction of sp³-hybridized carbons (Fsp3) is 1.00. The average Bonchev–Trinajstić information content (AvgIpc) is 2.46. The highest BCUT2D eigenvalue weighted by atomic mass is 16.5. The first-order valence-electron chi connectivity index (χ1n) is 4.37. The first kappa shape index (κ1) is 7.53. The lowest BCUT2D eigenvalue weighted by Gasteiger charge is -2.29. The van der Waals surface area contributed by atoms with Gasteiger partial charge in [-0.05, 0) is 6.42 Å². The van der Waals surface area contributed by atoms with Gasteiger partial charge >= 0.3 is 0 Å². The zero-order valence-corrected chi connectivity index (χ0v) is 7.05. The van der Waals surface area contributed by atoms with E-state index in [9.17, 15) is 0 Å². The number of piperazine rings is 1. The van der Waals surface area contributed by atoms with Crippen LogP contribution in [-0.2, 0) is 4.74 Å². The summed E-state index contributed by atoms with van der Waals surface area (Å²) in [5, 5.41) is 3.40. The molecule has 0 aromatic carbocycles. The summed E-state index contributed by atoms with van der Waals surface area (Å²) < 4.78 is 5.33. The highest BCUT2D eigenvalue weighted by Crippen LogP contribution is 2.20. The van der Waals surface area contributed by atoms with Crippen molar-refractivity contribution in [3.63, 3.8) is 0 Å². The normalized spacial score (nSPS) is 39.0. The molecule has 0 aromatic rings. The van der Waals surface area contributed by atoms with Crippen molar-refractivity contribution in [2.75, 3.05) is 33.3 Å². The predicted molar refractivity (Wildman–Crippen MR) is 43.6 cm³/mol. The van der Waals surface area contributed by atoms with Gasteiger partial charge < -0.3 is 10.1 Å². The standard InChI is InChI=1S/C8H16N2O/c1-11-8-4-7-5-9-2-3-10(7)6-8/h7-9H,2-6H2,1H3/t7-,8-/m0/s1. The van der Waals surface area contributed by atoms with Crippen LogP contribution in [-0.4, -0.2) is 50.3 Å². The Bertz CT molecular complexity index is 126. The molecule has 0 unspecified atom stereocenters. The molecule has 11 heavy (non-hydrogen) atoms. The number of fused-ring (bicyclic) bond motifs is 1. The van der Waals surface area contributed by atoms with Gasteiger partial charge in [0.1, 0.15) is 0 Å². The molecule has 0 saturated carbocycles. The number of methoxy groups -OCH3 is 1. The van der Waals surface area contributed by atoms with Gasteiger partial charge in [-0.1, -0.05) is 0 Å². The predicted octanol–water partition coefficient (Wildman–Crippen LogP) is -0.321. The molecule has 2 heterocycles. The van der Waals surface area contributed by atoms with E-state index in [0.717, 1.165) is 25.7 Å². The van der Waals surface area contributed by atoms with Crippen LogP contribution >= 0.6 is 0 Å². The first-order chi connectivity index (χ1) is 5.40. The summed E-state index contributed by atoms with van der Waals surface area (Å²) in [5.74, 6) is 0. The molecular formula is C8H16N2O. The van der Waals surface area contributed by atoms with E-state index in [-0.39, 0.29) is 0 Å². The van der Waals surface area contributed by atoms with E-state index in [4.69, 9.17) is 4.74 Å². The van der Waals surface area contributed by atoms with Crippen LogP contribution in [0.25, 0.3) is 0 Å². The molecule has 2 atom stereocenters. The topological polar surface area (TPSA) is 24.5 Å². The van der Waals surface area contributed by atoms with Gasteiger partial charge in [-0.2, -0.15) is 0 Å². The summed E-state index contributed by atoms with van der Waals surface area (Å²) >= 11 is 0. The average molecular weight is 156 g/mol. The van der Waals surface area contributed by atoms with Crippen molar-refractivity contribution in [3.05, 3.63) is 0 Å². The second kappa shape index (κ2) is 3.09. The van der Waals surface area contributed by atoms with Crippen LogP contribution in [0.2, 0.25) is 0 Å². The molecule has 3 nitrogen and oxygen atoms in total. The molecule has 3 heteroatoms. The van der Waals surface area contributed by atoms with E-state index >= 15 is 0 Å². The third kappa shape index (κ3) is 1.41. The molecule has 0 spiro atoms. The molecule has 64 valence electrons. The van der Waals surface area contributed by atoms with Crippen LogP contribution in [0.3, 0.4) is 0 Å². The molecule has 0 aliphatic carbocycles. The summed E-state index contributed by atoms with van der Waals surface area (Å²) in [6, 6.07) is 0.744. The molecule has 2 aliphatic heterocycles. The number of hydrogen-bond acceptors (Lipinski definition) is 3. The molecular weight excluding hydrogens is 140 g/mol. The quantitative estimate of drug-likeness (QED) is 0.563. The van der Waals surface area contributed by atoms with Crippen LogP contribution in [0.15, 0.2) is 0 Å². The molecule has 0 aromatic heterocycles. The minimum absolute atomic E-state index is 0.486. The van der Waals surface area contributed by atoms with E-state index in [1.54, 1.807) is 0 Å². The highest BCUT2D eigenvalue weighted by Gasteiger charge is 2.33. The second-order valence-electron chi connectivity index (χ2n) is 3.45. The van der Waals surface area contributed by atoms with Crippen LogP contribution in [0.4, 0.5) is 0 Å². The number of nitrogens with one attached hydrogen (secondary N) is 1. The van der Waals surface area contributed by atoms with Crippen LogP contribution in [0.5, 0.6) is 0 Å². The molecule has 2 saturated heterocycles. The molecule has 0 amide bonds. The lowest BCUT2D eigenvalue weighted by atomic mass is 10.2. The lowest BCUT2D eigenvalue weighted by molar-refractivity contribution is 0.108. The van der Waals surface area contributed by atoms with Crippen molar-refractivity contribution in [3.8, 4) is 0 Å². The van der Waals surface area contributed by atoms with Gasteiger partial charge in [-0.3, -0.25) is 4.90 Å². The Morgan fingerprint density at radius 2 is 2.45 bits per heavy atom. The van der Waals surface area contributed by atoms with Gasteiger partial charge in [0.2, 0.25) is 0 Å². The second-order valence-corrected chi connectivity index (χ2v) is 3.45. The monoisotopic (exact) mass is 156 g/mol. The number of rotatable bonds is 1. The maximum absolute atomic E-state index is 5.33. The summed E-state index contributed by atoms with van der Waals surface area (Å²) in [4.78, 5) is 2.53. The van der Waals surface area contributed by atoms with E-state index in [0.29, 0.717) is 6.10 Å². The van der Waals surface area contributed by atoms with Crippen LogP contribution < -0.4 is 5.32 Å². The SMILES string of the molecule is CO[C@H]1C[C@H]2CNCCN2C1. The smallest absolute Gasteiger partial charge is 0.0713 e. The Hall–Kier alpha value is -0.120. The van der Waals surface area contributed by atoms with E-state index in [1.165, 1.54) is 13.0 Å². The summed E-state index contributed by atoms with van der Waals surface area (Å²) in [6.07, 6.45) is 1.70. The van der Waals surface area contributed by atoms with Crippen molar-refractivity contribution in [1.82, 2.24) is 10.2 Å². The molecule has 0 bridgehead atoms. The summed E-state index contributed by atoms with van der Waals surface area (Å²) in [7, 11) is 1.82. The Kier molecular flexibility index (Phi) is 2.11. The third-order valence-corrected chi connectivity index (χ3v) is 2.78. The van der Waals surface area contributed by atoms with Gasteiger partial charge in [-0.25, -0.2) is 0 Å². The molecule has 0 radical (unpaired) electrons. The maximum atomic E-state index is 5.33. The molecule has 2 aliphatic rings. The minimum Gasteiger partial charge on any atom is -0.380 e. The number of nitrogens with zero attached hydrogens (tertiary/aromatic N) is 1. The third-order valence-electron chi connectivity index (χ3n) is 2.78. The number of hydrogen-bond donors (Lipinski definition) is 1. The van der Waals surface area contributed by atoms with Gasteiger partial charge in [0, 0.05) is 39.3 Å². The Morgan fingerprint density at radius 1 is 1.55 bits per heavy atom. The maximum Gasteiger partial charge on any atom is 0.0713 e. The van der Waals surface area contributed by atoms with Crippen molar-refractivity contribution < 1.29 is 4.74 Å². The fourth-order valence-electron chi connectivity index (χ4n) is 2.09. The van der Waals surface area contributed by atoms with E-state index in [2.05, 4.69) is 10.2 Å². The zero-order chi connectivity index (χ0) is 7.68. The molecule has 2 rings (SSSR count). The fourth-order valence-corrected chi connectivity index (χ4v) is 2.09. The molecule has 2 fully saturated rings. The highest BCUT2D eigenvalue weighted by molar-refractivity contribution is 4.90. The summed E-state index contributed by atoms with van der Waals surface area (Å²) in [5.41, 5.74) is 0. The largest absolute Gasteiger partial charge is 0.380 e. The summed E-state index contributed by atoms with van der Waals surface area (Å²) in [6.45, 7) is 4.64. The molecule has 1 N–H and O–H groups in total. The Labute approximate surface area is 67.7 Å². The van der Waals surface area contributed by atoms with Gasteiger partial charge in [0.15, 0.2) is 0 Å². The van der Waals surface area contributed by atoms with Gasteiger partial charge in [-0.15, -0.1) is 0 Å². The lowest BCUT2D eigenvalue weighted by Crippen LogP contribution is -2.47. The van der Waals surface area contributed by atoms with Crippen LogP contribution in [0, 0.1) is 0 Å². The zero-order valence-electron chi connectivity index (χ0n) is 7.05. The Morgan fingerprint density at radius 3 is 3.18 bits per heavy atom. The van der Waals surface area contributed by atoms with Crippen molar-refractivity contribution in [2.24, 2.45) is 0 Å². The Balaban J connectivity index is 1.92. The van der Waals surface area contributed by atoms with Gasteiger partial charge in [0.25, 0.3) is 0 Å².